The third kappa shape index (κ3) is 5.24. The van der Waals surface area contributed by atoms with E-state index in [2.05, 4.69) is 31.0 Å². The Morgan fingerprint density at radius 2 is 2.00 bits per heavy atom. The molecule has 0 aliphatic carbocycles. The van der Waals surface area contributed by atoms with Gasteiger partial charge in [-0.3, -0.25) is 9.69 Å². The maximum atomic E-state index is 12.6. The van der Waals surface area contributed by atoms with Crippen molar-refractivity contribution in [3.05, 3.63) is 0 Å². The summed E-state index contributed by atoms with van der Waals surface area (Å²) in [5.74, 6) is 0.103. The summed E-state index contributed by atoms with van der Waals surface area (Å²) in [6.45, 7) is 11.0. The first-order valence-corrected chi connectivity index (χ1v) is 8.44. The van der Waals surface area contributed by atoms with Gasteiger partial charge >= 0.3 is 0 Å². The molecule has 0 saturated carbocycles. The topological polar surface area (TPSA) is 67.6 Å². The Kier molecular flexibility index (Phi) is 8.22. The molecule has 21 heavy (non-hydrogen) atoms. The molecule has 1 heterocycles. The highest BCUT2D eigenvalue weighted by Crippen LogP contribution is 2.29. The second-order valence-corrected chi connectivity index (χ2v) is 6.08. The number of nitrogens with two attached hydrogens (primary N) is 1. The molecule has 3 N–H and O–H groups in total. The fourth-order valence-corrected chi connectivity index (χ4v) is 3.19. The summed E-state index contributed by atoms with van der Waals surface area (Å²) < 4.78 is 5.74. The van der Waals surface area contributed by atoms with Gasteiger partial charge in [0.15, 0.2) is 0 Å². The van der Waals surface area contributed by atoms with Crippen molar-refractivity contribution in [3.8, 4) is 0 Å². The molecule has 1 aliphatic rings. The van der Waals surface area contributed by atoms with Crippen LogP contribution in [-0.2, 0) is 9.53 Å². The van der Waals surface area contributed by atoms with Crippen LogP contribution in [0, 0.1) is 5.41 Å². The number of likely N-dealkylation sites (N-methyl/N-ethyl adjacent to an activating group) is 1. The van der Waals surface area contributed by atoms with Crippen LogP contribution in [0.4, 0.5) is 0 Å². The van der Waals surface area contributed by atoms with Crippen molar-refractivity contribution in [2.24, 2.45) is 11.1 Å². The molecule has 1 aliphatic heterocycles. The largest absolute Gasteiger partial charge is 0.374 e. The first-order chi connectivity index (χ1) is 10.1. The predicted molar refractivity (Wildman–Crippen MR) is 86.2 cm³/mol. The lowest BCUT2D eigenvalue weighted by Gasteiger charge is -2.34. The minimum atomic E-state index is -0.400. The van der Waals surface area contributed by atoms with E-state index in [1.54, 1.807) is 0 Å². The maximum absolute atomic E-state index is 12.6. The molecule has 0 aromatic heterocycles. The minimum Gasteiger partial charge on any atom is -0.374 e. The average molecular weight is 299 g/mol. The molecule has 0 bridgehead atoms. The molecule has 0 spiro atoms. The fourth-order valence-electron chi connectivity index (χ4n) is 3.19. The number of nitrogens with one attached hydrogen (secondary N) is 1. The van der Waals surface area contributed by atoms with Crippen molar-refractivity contribution in [2.45, 2.75) is 52.6 Å². The van der Waals surface area contributed by atoms with Gasteiger partial charge in [0.1, 0.15) is 0 Å². The second kappa shape index (κ2) is 9.38. The summed E-state index contributed by atoms with van der Waals surface area (Å²) in [5, 5.41) is 3.09. The van der Waals surface area contributed by atoms with E-state index < -0.39 is 5.41 Å². The Morgan fingerprint density at radius 3 is 2.52 bits per heavy atom. The van der Waals surface area contributed by atoms with Crippen LogP contribution in [0.15, 0.2) is 0 Å². The van der Waals surface area contributed by atoms with E-state index in [4.69, 9.17) is 10.5 Å². The van der Waals surface area contributed by atoms with Gasteiger partial charge in [0.05, 0.1) is 18.1 Å². The lowest BCUT2D eigenvalue weighted by Crippen LogP contribution is -2.51. The summed E-state index contributed by atoms with van der Waals surface area (Å²) >= 11 is 0. The Balaban J connectivity index is 2.52. The monoisotopic (exact) mass is 299 g/mol. The van der Waals surface area contributed by atoms with E-state index in [1.165, 1.54) is 0 Å². The smallest absolute Gasteiger partial charge is 0.227 e. The van der Waals surface area contributed by atoms with E-state index in [0.717, 1.165) is 51.9 Å². The lowest BCUT2D eigenvalue weighted by molar-refractivity contribution is -0.132. The van der Waals surface area contributed by atoms with Gasteiger partial charge in [-0.2, -0.15) is 0 Å². The molecule has 0 aromatic rings. The van der Waals surface area contributed by atoms with Gasteiger partial charge in [-0.25, -0.2) is 0 Å². The van der Waals surface area contributed by atoms with Crippen LogP contribution in [0.25, 0.3) is 0 Å². The summed E-state index contributed by atoms with van der Waals surface area (Å²) in [6, 6.07) is 0. The summed E-state index contributed by atoms with van der Waals surface area (Å²) in [5.41, 5.74) is 5.53. The molecule has 0 aromatic carbocycles. The first kappa shape index (κ1) is 18.4. The highest BCUT2D eigenvalue weighted by molar-refractivity contribution is 5.82. The third-order valence-electron chi connectivity index (χ3n) is 4.49. The first-order valence-electron chi connectivity index (χ1n) is 8.44. The Morgan fingerprint density at radius 1 is 1.33 bits per heavy atom. The zero-order chi connectivity index (χ0) is 15.7. The van der Waals surface area contributed by atoms with Crippen molar-refractivity contribution < 1.29 is 9.53 Å². The Bertz CT molecular complexity index is 304. The van der Waals surface area contributed by atoms with Crippen LogP contribution in [0.2, 0.25) is 0 Å². The zero-order valence-electron chi connectivity index (χ0n) is 14.0. The molecule has 1 atom stereocenters. The van der Waals surface area contributed by atoms with Gasteiger partial charge in [-0.1, -0.05) is 33.6 Å². The molecular formula is C16H33N3O2. The second-order valence-electron chi connectivity index (χ2n) is 6.08. The van der Waals surface area contributed by atoms with Crippen LogP contribution in [0.1, 0.15) is 46.5 Å². The standard InChI is InChI=1S/C16H33N3O2/c1-4-7-16(13-17,8-5-2)15(20)18-11-14-12-19(6-3)9-10-21-14/h14H,4-13,17H2,1-3H3,(H,18,20). The average Bonchev–Trinajstić information content (AvgIpc) is 2.52. The third-order valence-corrected chi connectivity index (χ3v) is 4.49. The number of carbonyl (C=O) groups is 1. The van der Waals surface area contributed by atoms with Gasteiger partial charge in [0, 0.05) is 26.2 Å². The lowest BCUT2D eigenvalue weighted by atomic mass is 9.78. The predicted octanol–water partition coefficient (Wildman–Crippen LogP) is 1.37. The maximum Gasteiger partial charge on any atom is 0.227 e. The van der Waals surface area contributed by atoms with E-state index >= 15 is 0 Å². The van der Waals surface area contributed by atoms with Gasteiger partial charge < -0.3 is 15.8 Å². The molecule has 124 valence electrons. The molecule has 1 fully saturated rings. The minimum absolute atomic E-state index is 0.0985. The van der Waals surface area contributed by atoms with Gasteiger partial charge in [0.25, 0.3) is 0 Å². The molecule has 5 heteroatoms. The van der Waals surface area contributed by atoms with Crippen molar-refractivity contribution in [1.29, 1.82) is 0 Å². The number of hydrogen-bond donors (Lipinski definition) is 2. The Hall–Kier alpha value is -0.650. The molecule has 5 nitrogen and oxygen atoms in total. The molecule has 1 unspecified atom stereocenters. The van der Waals surface area contributed by atoms with Crippen molar-refractivity contribution >= 4 is 5.91 Å². The van der Waals surface area contributed by atoms with E-state index in [9.17, 15) is 4.79 Å². The van der Waals surface area contributed by atoms with E-state index in [0.29, 0.717) is 13.1 Å². The molecular weight excluding hydrogens is 266 g/mol. The number of hydrogen-bond acceptors (Lipinski definition) is 4. The SMILES string of the molecule is CCCC(CN)(CCC)C(=O)NCC1CN(CC)CCO1. The highest BCUT2D eigenvalue weighted by atomic mass is 16.5. The summed E-state index contributed by atoms with van der Waals surface area (Å²) in [4.78, 5) is 15.0. The highest BCUT2D eigenvalue weighted by Gasteiger charge is 2.35. The zero-order valence-corrected chi connectivity index (χ0v) is 14.0. The van der Waals surface area contributed by atoms with Crippen molar-refractivity contribution in [2.75, 3.05) is 39.3 Å². The molecule has 0 radical (unpaired) electrons. The van der Waals surface area contributed by atoms with Crippen molar-refractivity contribution in [3.63, 3.8) is 0 Å². The van der Waals surface area contributed by atoms with Crippen LogP contribution in [-0.4, -0.2) is 56.2 Å². The van der Waals surface area contributed by atoms with E-state index in [-0.39, 0.29) is 12.0 Å². The normalized spacial score (nSPS) is 20.5. The number of carbonyl (C=O) groups excluding carboxylic acids is 1. The van der Waals surface area contributed by atoms with E-state index in [1.807, 2.05) is 0 Å². The molecule has 1 saturated heterocycles. The number of amides is 1. The summed E-state index contributed by atoms with van der Waals surface area (Å²) in [7, 11) is 0. The number of ether oxygens (including phenoxy) is 1. The number of morpholine rings is 1. The fraction of sp³-hybridized carbons (Fsp3) is 0.938. The van der Waals surface area contributed by atoms with Gasteiger partial charge in [-0.15, -0.1) is 0 Å². The van der Waals surface area contributed by atoms with Gasteiger partial charge in [-0.05, 0) is 19.4 Å². The Labute approximate surface area is 129 Å². The van der Waals surface area contributed by atoms with Crippen LogP contribution in [0.5, 0.6) is 0 Å². The van der Waals surface area contributed by atoms with Gasteiger partial charge in [0.2, 0.25) is 5.91 Å². The van der Waals surface area contributed by atoms with Crippen LogP contribution < -0.4 is 11.1 Å². The van der Waals surface area contributed by atoms with Crippen molar-refractivity contribution in [1.82, 2.24) is 10.2 Å². The summed E-state index contributed by atoms with van der Waals surface area (Å²) in [6.07, 6.45) is 3.77. The van der Waals surface area contributed by atoms with Crippen LogP contribution in [0.3, 0.4) is 0 Å². The number of rotatable bonds is 9. The molecule has 1 amide bonds. The number of nitrogens with zero attached hydrogens (tertiary/aromatic N) is 1. The quantitative estimate of drug-likeness (QED) is 0.675. The molecule has 1 rings (SSSR count). The van der Waals surface area contributed by atoms with Crippen LogP contribution >= 0.6 is 0 Å².